The van der Waals surface area contributed by atoms with Crippen molar-refractivity contribution in [3.8, 4) is 5.75 Å². The second-order valence-corrected chi connectivity index (χ2v) is 12.8. The van der Waals surface area contributed by atoms with Crippen molar-refractivity contribution < 1.29 is 21.6 Å². The number of benzene rings is 3. The molecule has 0 aliphatic carbocycles. The molecule has 0 spiro atoms. The standard InChI is InChI=1S/C26H33N5O5S3/c1-6-31(7-2)23-16-15-20(18-25(23)38(32,33)29-22-13-8-9-14-24(22)36-5)28-26(37)27-19-11-10-12-21(17-19)39(34,35)30(3)4/h8-18,29H,6-7H2,1-5H3,(H2,27,28,37). The van der Waals surface area contributed by atoms with E-state index in [1.165, 1.54) is 39.4 Å². The third kappa shape index (κ3) is 7.18. The van der Waals surface area contributed by atoms with E-state index in [2.05, 4.69) is 15.4 Å². The molecule has 0 radical (unpaired) electrons. The quantitative estimate of drug-likeness (QED) is 0.279. The van der Waals surface area contributed by atoms with Gasteiger partial charge in [-0.05, 0) is 74.6 Å². The number of nitrogens with one attached hydrogen (secondary N) is 3. The number of methoxy groups -OCH3 is 1. The molecule has 0 aliphatic rings. The van der Waals surface area contributed by atoms with Gasteiger partial charge in [-0.2, -0.15) is 0 Å². The molecule has 0 saturated carbocycles. The van der Waals surface area contributed by atoms with E-state index < -0.39 is 20.0 Å². The molecule has 0 heterocycles. The number of anilines is 4. The van der Waals surface area contributed by atoms with E-state index in [0.717, 1.165) is 4.31 Å². The van der Waals surface area contributed by atoms with Crippen molar-refractivity contribution >= 4 is 60.1 Å². The number of ether oxygens (including phenoxy) is 1. The van der Waals surface area contributed by atoms with Crippen molar-refractivity contribution in [1.82, 2.24) is 4.31 Å². The first-order valence-corrected chi connectivity index (χ1v) is 15.4. The predicted molar refractivity (Wildman–Crippen MR) is 161 cm³/mol. The van der Waals surface area contributed by atoms with Gasteiger partial charge in [0.15, 0.2) is 5.11 Å². The van der Waals surface area contributed by atoms with Crippen LogP contribution in [0.2, 0.25) is 0 Å². The first kappa shape index (κ1) is 30.2. The fourth-order valence-corrected chi connectivity index (χ4v) is 6.31. The SMILES string of the molecule is CCN(CC)c1ccc(NC(=S)Nc2cccc(S(=O)(=O)N(C)C)c2)cc1S(=O)(=O)Nc1ccccc1OC. The molecule has 0 unspecified atom stereocenters. The van der Waals surface area contributed by atoms with E-state index in [1.807, 2.05) is 18.7 Å². The van der Waals surface area contributed by atoms with E-state index >= 15 is 0 Å². The number of nitrogens with zero attached hydrogens (tertiary/aromatic N) is 2. The van der Waals surface area contributed by atoms with E-state index in [4.69, 9.17) is 17.0 Å². The molecule has 13 heteroatoms. The maximum atomic E-state index is 13.6. The van der Waals surface area contributed by atoms with Gasteiger partial charge in [0.05, 0.1) is 23.4 Å². The lowest BCUT2D eigenvalue weighted by Gasteiger charge is -2.25. The maximum Gasteiger partial charge on any atom is 0.264 e. The number of hydrogen-bond donors (Lipinski definition) is 3. The van der Waals surface area contributed by atoms with Crippen LogP contribution < -0.4 is 25.0 Å². The minimum atomic E-state index is -4.04. The van der Waals surface area contributed by atoms with Gasteiger partial charge in [0, 0.05) is 38.6 Å². The molecule has 10 nitrogen and oxygen atoms in total. The highest BCUT2D eigenvalue weighted by molar-refractivity contribution is 7.93. The Bertz CT molecular complexity index is 1540. The highest BCUT2D eigenvalue weighted by Crippen LogP contribution is 2.32. The van der Waals surface area contributed by atoms with Gasteiger partial charge in [0.1, 0.15) is 10.6 Å². The van der Waals surface area contributed by atoms with Gasteiger partial charge in [-0.25, -0.2) is 21.1 Å². The third-order valence-corrected chi connectivity index (χ3v) is 9.24. The Morgan fingerprint density at radius 2 is 1.51 bits per heavy atom. The van der Waals surface area contributed by atoms with Crippen molar-refractivity contribution in [2.45, 2.75) is 23.6 Å². The van der Waals surface area contributed by atoms with Crippen molar-refractivity contribution in [2.24, 2.45) is 0 Å². The molecule has 210 valence electrons. The molecule has 0 aromatic heterocycles. The van der Waals surface area contributed by atoms with Crippen LogP contribution >= 0.6 is 12.2 Å². The summed E-state index contributed by atoms with van der Waals surface area (Å²) >= 11 is 5.44. The van der Waals surface area contributed by atoms with Gasteiger partial charge >= 0.3 is 0 Å². The molecule has 0 saturated heterocycles. The first-order chi connectivity index (χ1) is 18.4. The smallest absolute Gasteiger partial charge is 0.264 e. The Kier molecular flexibility index (Phi) is 9.78. The summed E-state index contributed by atoms with van der Waals surface area (Å²) in [6.45, 7) is 5.10. The lowest BCUT2D eigenvalue weighted by Crippen LogP contribution is -2.26. The monoisotopic (exact) mass is 591 g/mol. The zero-order valence-corrected chi connectivity index (χ0v) is 24.9. The number of thiocarbonyl (C=S) groups is 1. The van der Waals surface area contributed by atoms with Gasteiger partial charge in [-0.15, -0.1) is 0 Å². The van der Waals surface area contributed by atoms with Gasteiger partial charge in [-0.1, -0.05) is 18.2 Å². The Morgan fingerprint density at radius 1 is 0.872 bits per heavy atom. The third-order valence-electron chi connectivity index (χ3n) is 5.83. The number of hydrogen-bond acceptors (Lipinski definition) is 7. The summed E-state index contributed by atoms with van der Waals surface area (Å²) in [4.78, 5) is 2.11. The van der Waals surface area contributed by atoms with Crippen LogP contribution in [0.25, 0.3) is 0 Å². The van der Waals surface area contributed by atoms with Crippen LogP contribution in [0, 0.1) is 0 Å². The predicted octanol–water partition coefficient (Wildman–Crippen LogP) is 4.40. The van der Waals surface area contributed by atoms with Gasteiger partial charge in [-0.3, -0.25) is 4.72 Å². The summed E-state index contributed by atoms with van der Waals surface area (Å²) in [6, 6.07) is 18.0. The first-order valence-electron chi connectivity index (χ1n) is 12.1. The second kappa shape index (κ2) is 12.6. The van der Waals surface area contributed by atoms with Crippen LogP contribution in [-0.2, 0) is 20.0 Å². The Morgan fingerprint density at radius 3 is 2.13 bits per heavy atom. The summed E-state index contributed by atoms with van der Waals surface area (Å²) in [5.41, 5.74) is 1.74. The molecule has 0 aliphatic heterocycles. The number of para-hydroxylation sites is 2. The van der Waals surface area contributed by atoms with Crippen molar-refractivity contribution in [3.63, 3.8) is 0 Å². The highest BCUT2D eigenvalue weighted by Gasteiger charge is 2.24. The van der Waals surface area contributed by atoms with Crippen molar-refractivity contribution in [3.05, 3.63) is 66.7 Å². The summed E-state index contributed by atoms with van der Waals surface area (Å²) < 4.78 is 61.2. The summed E-state index contributed by atoms with van der Waals surface area (Å²) in [5.74, 6) is 0.392. The normalized spacial score (nSPS) is 11.6. The van der Waals surface area contributed by atoms with Crippen LogP contribution in [-0.4, -0.2) is 60.5 Å². The maximum absolute atomic E-state index is 13.6. The molecule has 0 atom stereocenters. The van der Waals surface area contributed by atoms with E-state index in [-0.39, 0.29) is 14.9 Å². The van der Waals surface area contributed by atoms with Gasteiger partial charge < -0.3 is 20.3 Å². The molecule has 39 heavy (non-hydrogen) atoms. The Labute approximate surface area is 236 Å². The lowest BCUT2D eigenvalue weighted by molar-refractivity contribution is 0.417. The summed E-state index contributed by atoms with van der Waals surface area (Å²) in [6.07, 6.45) is 0. The van der Waals surface area contributed by atoms with Crippen molar-refractivity contribution in [1.29, 1.82) is 0 Å². The topological polar surface area (TPSA) is 120 Å². The van der Waals surface area contributed by atoms with E-state index in [0.29, 0.717) is 41.6 Å². The van der Waals surface area contributed by atoms with Crippen LogP contribution in [0.1, 0.15) is 13.8 Å². The summed E-state index contributed by atoms with van der Waals surface area (Å²) in [5, 5.41) is 6.12. The molecule has 3 aromatic carbocycles. The minimum Gasteiger partial charge on any atom is -0.495 e. The largest absolute Gasteiger partial charge is 0.495 e. The van der Waals surface area contributed by atoms with Crippen LogP contribution in [0.5, 0.6) is 5.75 Å². The Balaban J connectivity index is 1.92. The van der Waals surface area contributed by atoms with Crippen LogP contribution in [0.3, 0.4) is 0 Å². The summed E-state index contributed by atoms with van der Waals surface area (Å²) in [7, 11) is -3.28. The fourth-order valence-electron chi connectivity index (χ4n) is 3.80. The Hall–Kier alpha value is -3.39. The second-order valence-electron chi connectivity index (χ2n) is 8.55. The van der Waals surface area contributed by atoms with Crippen LogP contribution in [0.15, 0.2) is 76.5 Å². The number of sulfonamides is 2. The van der Waals surface area contributed by atoms with Gasteiger partial charge in [0.2, 0.25) is 10.0 Å². The fraction of sp³-hybridized carbons (Fsp3) is 0.269. The van der Waals surface area contributed by atoms with Crippen molar-refractivity contribution in [2.75, 3.05) is 54.6 Å². The number of rotatable bonds is 11. The van der Waals surface area contributed by atoms with E-state index in [9.17, 15) is 16.8 Å². The molecule has 0 fully saturated rings. The molecule has 3 aromatic rings. The highest BCUT2D eigenvalue weighted by atomic mass is 32.2. The zero-order chi connectivity index (χ0) is 28.8. The average Bonchev–Trinajstić information content (AvgIpc) is 2.90. The zero-order valence-electron chi connectivity index (χ0n) is 22.4. The molecule has 0 amide bonds. The lowest BCUT2D eigenvalue weighted by atomic mass is 10.2. The molecular formula is C26H33N5O5S3. The molecule has 3 rings (SSSR count). The van der Waals surface area contributed by atoms with E-state index in [1.54, 1.807) is 48.5 Å². The van der Waals surface area contributed by atoms with Crippen LogP contribution in [0.4, 0.5) is 22.7 Å². The van der Waals surface area contributed by atoms with Gasteiger partial charge in [0.25, 0.3) is 10.0 Å². The minimum absolute atomic E-state index is 0.0592. The molecule has 3 N–H and O–H groups in total. The molecule has 0 bridgehead atoms. The molecular weight excluding hydrogens is 559 g/mol. The average molecular weight is 592 g/mol.